The van der Waals surface area contributed by atoms with E-state index < -0.39 is 0 Å². The van der Waals surface area contributed by atoms with E-state index in [-0.39, 0.29) is 6.04 Å². The Balaban J connectivity index is 2.15. The highest BCUT2D eigenvalue weighted by atomic mass is 16.5. The molecule has 0 spiro atoms. The summed E-state index contributed by atoms with van der Waals surface area (Å²) in [4.78, 5) is 2.49. The minimum absolute atomic E-state index is 0.224. The van der Waals surface area contributed by atoms with Crippen LogP contribution in [-0.4, -0.2) is 31.7 Å². The van der Waals surface area contributed by atoms with E-state index in [1.165, 1.54) is 24.8 Å². The number of piperidine rings is 1. The van der Waals surface area contributed by atoms with Crippen LogP contribution < -0.4 is 0 Å². The molecule has 1 saturated heterocycles. The second-order valence-electron chi connectivity index (χ2n) is 4.66. The number of hydrogen-bond donors (Lipinski definition) is 0. The first-order valence-electron chi connectivity index (χ1n) is 6.68. The molecule has 0 bridgehead atoms. The van der Waals surface area contributed by atoms with Gasteiger partial charge in [-0.1, -0.05) is 48.6 Å². The lowest BCUT2D eigenvalue weighted by Gasteiger charge is -2.31. The van der Waals surface area contributed by atoms with Crippen molar-refractivity contribution in [3.8, 4) is 11.8 Å². The van der Waals surface area contributed by atoms with Crippen molar-refractivity contribution >= 4 is 0 Å². The maximum atomic E-state index is 5.02. The fourth-order valence-corrected chi connectivity index (χ4v) is 2.41. The Morgan fingerprint density at radius 2 is 1.89 bits per heavy atom. The summed E-state index contributed by atoms with van der Waals surface area (Å²) in [5.74, 6) is 6.47. The molecule has 2 nitrogen and oxygen atoms in total. The van der Waals surface area contributed by atoms with E-state index >= 15 is 0 Å². The lowest BCUT2D eigenvalue weighted by molar-refractivity contribution is 0.196. The summed E-state index contributed by atoms with van der Waals surface area (Å²) < 4.78 is 5.02. The summed E-state index contributed by atoms with van der Waals surface area (Å²) in [7, 11) is 1.69. The maximum absolute atomic E-state index is 5.02. The van der Waals surface area contributed by atoms with Gasteiger partial charge in [0.2, 0.25) is 0 Å². The second kappa shape index (κ2) is 7.20. The van der Waals surface area contributed by atoms with Gasteiger partial charge in [0.05, 0.1) is 6.04 Å². The van der Waals surface area contributed by atoms with Crippen LogP contribution in [0.25, 0.3) is 0 Å². The number of rotatable bonds is 3. The summed E-state index contributed by atoms with van der Waals surface area (Å²) >= 11 is 0. The van der Waals surface area contributed by atoms with E-state index in [1.54, 1.807) is 7.11 Å². The lowest BCUT2D eigenvalue weighted by atomic mass is 10.0. The minimum Gasteiger partial charge on any atom is -0.372 e. The first-order chi connectivity index (χ1) is 8.92. The monoisotopic (exact) mass is 243 g/mol. The molecule has 18 heavy (non-hydrogen) atoms. The third kappa shape index (κ3) is 3.60. The molecular formula is C16H21NO. The normalized spacial score (nSPS) is 17.8. The van der Waals surface area contributed by atoms with Gasteiger partial charge >= 0.3 is 0 Å². The van der Waals surface area contributed by atoms with E-state index in [9.17, 15) is 0 Å². The zero-order valence-electron chi connectivity index (χ0n) is 11.1. The standard InChI is InChI=1S/C16H21NO/c1-18-14-8-11-16(15-9-4-2-5-10-15)17-12-6-3-7-13-17/h2,4-5,9-10,16H,3,6-7,12-14H2,1H3. The van der Waals surface area contributed by atoms with Gasteiger partial charge in [0.15, 0.2) is 0 Å². The molecule has 1 aliphatic heterocycles. The number of likely N-dealkylation sites (tertiary alicyclic amines) is 1. The molecule has 1 aliphatic rings. The van der Waals surface area contributed by atoms with E-state index in [0.29, 0.717) is 6.61 Å². The van der Waals surface area contributed by atoms with E-state index in [2.05, 4.69) is 47.1 Å². The first-order valence-corrected chi connectivity index (χ1v) is 6.68. The van der Waals surface area contributed by atoms with Gasteiger partial charge in [-0.25, -0.2) is 0 Å². The largest absolute Gasteiger partial charge is 0.372 e. The van der Waals surface area contributed by atoms with Crippen molar-refractivity contribution in [1.29, 1.82) is 0 Å². The predicted molar refractivity (Wildman–Crippen MR) is 74.3 cm³/mol. The molecular weight excluding hydrogens is 222 g/mol. The zero-order valence-corrected chi connectivity index (χ0v) is 11.1. The third-order valence-electron chi connectivity index (χ3n) is 3.33. The predicted octanol–water partition coefficient (Wildman–Crippen LogP) is 2.86. The van der Waals surface area contributed by atoms with Crippen molar-refractivity contribution in [2.45, 2.75) is 25.3 Å². The van der Waals surface area contributed by atoms with Crippen LogP contribution in [0.15, 0.2) is 30.3 Å². The Kier molecular flexibility index (Phi) is 5.26. The smallest absolute Gasteiger partial charge is 0.107 e. The van der Waals surface area contributed by atoms with E-state index in [1.807, 2.05) is 0 Å². The Bertz CT molecular complexity index is 398. The average Bonchev–Trinajstić information content (AvgIpc) is 2.46. The van der Waals surface area contributed by atoms with Gasteiger partial charge in [-0.05, 0) is 31.5 Å². The molecule has 0 amide bonds. The maximum Gasteiger partial charge on any atom is 0.107 e. The van der Waals surface area contributed by atoms with Crippen molar-refractivity contribution < 1.29 is 4.74 Å². The molecule has 96 valence electrons. The minimum atomic E-state index is 0.224. The molecule has 1 atom stereocenters. The highest BCUT2D eigenvalue weighted by molar-refractivity contribution is 5.27. The second-order valence-corrected chi connectivity index (χ2v) is 4.66. The summed E-state index contributed by atoms with van der Waals surface area (Å²) in [6, 6.07) is 10.8. The van der Waals surface area contributed by atoms with Gasteiger partial charge in [0.25, 0.3) is 0 Å². The van der Waals surface area contributed by atoms with Gasteiger partial charge in [0.1, 0.15) is 6.61 Å². The van der Waals surface area contributed by atoms with Crippen LogP contribution in [0.2, 0.25) is 0 Å². The van der Waals surface area contributed by atoms with Gasteiger partial charge in [-0.15, -0.1) is 0 Å². The molecule has 0 radical (unpaired) electrons. The molecule has 0 saturated carbocycles. The number of ether oxygens (including phenoxy) is 1. The Labute approximate surface area is 110 Å². The van der Waals surface area contributed by atoms with E-state index in [0.717, 1.165) is 13.1 Å². The first kappa shape index (κ1) is 13.1. The molecule has 1 heterocycles. The molecule has 1 unspecified atom stereocenters. The Hall–Kier alpha value is -1.30. The molecule has 1 aromatic rings. The van der Waals surface area contributed by atoms with Crippen molar-refractivity contribution in [2.24, 2.45) is 0 Å². The van der Waals surface area contributed by atoms with Crippen LogP contribution in [0.3, 0.4) is 0 Å². The highest BCUT2D eigenvalue weighted by Gasteiger charge is 2.19. The summed E-state index contributed by atoms with van der Waals surface area (Å²) in [5, 5.41) is 0. The Morgan fingerprint density at radius 3 is 2.56 bits per heavy atom. The van der Waals surface area contributed by atoms with Crippen molar-refractivity contribution in [3.05, 3.63) is 35.9 Å². The van der Waals surface area contributed by atoms with Crippen LogP contribution in [0.1, 0.15) is 30.9 Å². The summed E-state index contributed by atoms with van der Waals surface area (Å²) in [5.41, 5.74) is 1.29. The fourth-order valence-electron chi connectivity index (χ4n) is 2.41. The van der Waals surface area contributed by atoms with Gasteiger partial charge in [-0.2, -0.15) is 0 Å². The third-order valence-corrected chi connectivity index (χ3v) is 3.33. The lowest BCUT2D eigenvalue weighted by Crippen LogP contribution is -2.33. The Morgan fingerprint density at radius 1 is 1.17 bits per heavy atom. The van der Waals surface area contributed by atoms with E-state index in [4.69, 9.17) is 4.74 Å². The van der Waals surface area contributed by atoms with Gasteiger partial charge in [-0.3, -0.25) is 4.90 Å². The number of nitrogens with zero attached hydrogens (tertiary/aromatic N) is 1. The molecule has 2 rings (SSSR count). The zero-order chi connectivity index (χ0) is 12.6. The SMILES string of the molecule is COCC#CC(c1ccccc1)N1CCCCC1. The number of methoxy groups -OCH3 is 1. The summed E-state index contributed by atoms with van der Waals surface area (Å²) in [6.45, 7) is 2.82. The van der Waals surface area contributed by atoms with Crippen LogP contribution >= 0.6 is 0 Å². The number of benzene rings is 1. The van der Waals surface area contributed by atoms with Crippen LogP contribution in [0, 0.1) is 11.8 Å². The molecule has 0 aromatic heterocycles. The van der Waals surface area contributed by atoms with Crippen molar-refractivity contribution in [2.75, 3.05) is 26.8 Å². The average molecular weight is 243 g/mol. The topological polar surface area (TPSA) is 12.5 Å². The van der Waals surface area contributed by atoms with Crippen LogP contribution in [0.5, 0.6) is 0 Å². The van der Waals surface area contributed by atoms with Crippen LogP contribution in [-0.2, 0) is 4.74 Å². The van der Waals surface area contributed by atoms with Crippen molar-refractivity contribution in [1.82, 2.24) is 4.90 Å². The molecule has 1 fully saturated rings. The molecule has 2 heteroatoms. The highest BCUT2D eigenvalue weighted by Crippen LogP contribution is 2.23. The quantitative estimate of drug-likeness (QED) is 0.757. The van der Waals surface area contributed by atoms with Gasteiger partial charge < -0.3 is 4.74 Å². The number of hydrogen-bond acceptors (Lipinski definition) is 2. The molecule has 1 aromatic carbocycles. The van der Waals surface area contributed by atoms with Gasteiger partial charge in [0, 0.05) is 7.11 Å². The van der Waals surface area contributed by atoms with Crippen LogP contribution in [0.4, 0.5) is 0 Å². The fraction of sp³-hybridized carbons (Fsp3) is 0.500. The van der Waals surface area contributed by atoms with Crippen molar-refractivity contribution in [3.63, 3.8) is 0 Å². The summed E-state index contributed by atoms with van der Waals surface area (Å²) in [6.07, 6.45) is 3.92. The molecule has 0 aliphatic carbocycles. The molecule has 0 N–H and O–H groups in total.